The lowest BCUT2D eigenvalue weighted by molar-refractivity contribution is -0.131. The zero-order chi connectivity index (χ0) is 14.8. The Morgan fingerprint density at radius 2 is 2.24 bits per heavy atom. The van der Waals surface area contributed by atoms with Crippen molar-refractivity contribution in [1.82, 2.24) is 4.90 Å². The molecule has 1 atom stereocenters. The molecule has 1 aliphatic carbocycles. The zero-order valence-electron chi connectivity index (χ0n) is 12.0. The third kappa shape index (κ3) is 3.10. The van der Waals surface area contributed by atoms with E-state index in [2.05, 4.69) is 11.4 Å². The molecule has 2 aliphatic rings. The van der Waals surface area contributed by atoms with Gasteiger partial charge in [0.25, 0.3) is 0 Å². The largest absolute Gasteiger partial charge is 0.397 e. The summed E-state index contributed by atoms with van der Waals surface area (Å²) in [6.07, 6.45) is 3.18. The normalized spacial score (nSPS) is 21.1. The van der Waals surface area contributed by atoms with Crippen LogP contribution in [0.3, 0.4) is 0 Å². The summed E-state index contributed by atoms with van der Waals surface area (Å²) >= 11 is 0. The van der Waals surface area contributed by atoms with Crippen LogP contribution in [-0.2, 0) is 4.79 Å². The molecule has 1 aliphatic heterocycles. The molecule has 5 heteroatoms. The number of nitrogen functional groups attached to an aromatic ring is 1. The Kier molecular flexibility index (Phi) is 3.70. The summed E-state index contributed by atoms with van der Waals surface area (Å²) in [5, 5.41) is 12.2. The van der Waals surface area contributed by atoms with Crippen LogP contribution in [0.25, 0.3) is 0 Å². The fourth-order valence-corrected chi connectivity index (χ4v) is 2.84. The van der Waals surface area contributed by atoms with Gasteiger partial charge in [-0.15, -0.1) is 0 Å². The lowest BCUT2D eigenvalue weighted by atomic mass is 10.1. The second-order valence-electron chi connectivity index (χ2n) is 6.01. The van der Waals surface area contributed by atoms with Gasteiger partial charge in [-0.05, 0) is 43.4 Å². The molecule has 110 valence electrons. The molecule has 5 nitrogen and oxygen atoms in total. The Hall–Kier alpha value is -2.22. The predicted octanol–water partition coefficient (Wildman–Crippen LogP) is 1.81. The van der Waals surface area contributed by atoms with E-state index in [0.29, 0.717) is 29.0 Å². The monoisotopic (exact) mass is 284 g/mol. The number of anilines is 2. The number of nitriles is 1. The van der Waals surface area contributed by atoms with Crippen molar-refractivity contribution in [3.8, 4) is 6.07 Å². The molecular formula is C16H20N4O. The first kappa shape index (κ1) is 13.7. The Labute approximate surface area is 124 Å². The highest BCUT2D eigenvalue weighted by Gasteiger charge is 2.36. The highest BCUT2D eigenvalue weighted by Crippen LogP contribution is 2.33. The number of hydrogen-bond donors (Lipinski definition) is 2. The van der Waals surface area contributed by atoms with E-state index >= 15 is 0 Å². The minimum Gasteiger partial charge on any atom is -0.397 e. The van der Waals surface area contributed by atoms with Crippen molar-refractivity contribution < 1.29 is 4.79 Å². The summed E-state index contributed by atoms with van der Waals surface area (Å²) in [6, 6.07) is 7.36. The van der Waals surface area contributed by atoms with Crippen LogP contribution in [0.5, 0.6) is 0 Å². The van der Waals surface area contributed by atoms with Gasteiger partial charge in [0, 0.05) is 25.6 Å². The molecule has 3 rings (SSSR count). The molecule has 1 amide bonds. The number of benzene rings is 1. The Balaban J connectivity index is 1.52. The van der Waals surface area contributed by atoms with E-state index in [4.69, 9.17) is 11.0 Å². The summed E-state index contributed by atoms with van der Waals surface area (Å²) in [4.78, 5) is 14.0. The number of rotatable bonds is 4. The maximum absolute atomic E-state index is 12.0. The van der Waals surface area contributed by atoms with Crippen molar-refractivity contribution in [2.45, 2.75) is 19.3 Å². The van der Waals surface area contributed by atoms with Crippen LogP contribution >= 0.6 is 0 Å². The second-order valence-corrected chi connectivity index (χ2v) is 6.01. The van der Waals surface area contributed by atoms with Crippen molar-refractivity contribution in [3.63, 3.8) is 0 Å². The summed E-state index contributed by atoms with van der Waals surface area (Å²) in [5.41, 5.74) is 7.95. The van der Waals surface area contributed by atoms with E-state index < -0.39 is 0 Å². The maximum atomic E-state index is 12.0. The van der Waals surface area contributed by atoms with E-state index in [-0.39, 0.29) is 0 Å². The summed E-state index contributed by atoms with van der Waals surface area (Å²) in [7, 11) is 0. The lowest BCUT2D eigenvalue weighted by Gasteiger charge is -2.17. The predicted molar refractivity (Wildman–Crippen MR) is 81.5 cm³/mol. The van der Waals surface area contributed by atoms with Gasteiger partial charge < -0.3 is 16.0 Å². The van der Waals surface area contributed by atoms with Gasteiger partial charge in [-0.25, -0.2) is 0 Å². The standard InChI is InChI=1S/C16H20N4O/c17-8-11-1-4-15(14(18)7-11)19-9-12-5-6-20(10-12)16(21)13-2-3-13/h1,4,7,12-13,19H,2-3,5-6,9-10,18H2/t12-/m0/s1. The molecule has 1 saturated carbocycles. The van der Waals surface area contributed by atoms with E-state index in [9.17, 15) is 4.79 Å². The first-order valence-electron chi connectivity index (χ1n) is 7.49. The third-order valence-corrected chi connectivity index (χ3v) is 4.29. The maximum Gasteiger partial charge on any atom is 0.225 e. The van der Waals surface area contributed by atoms with Crippen LogP contribution in [0.15, 0.2) is 18.2 Å². The minimum atomic E-state index is 0.311. The summed E-state index contributed by atoms with van der Waals surface area (Å²) in [6.45, 7) is 2.54. The Bertz CT molecular complexity index is 588. The van der Waals surface area contributed by atoms with Crippen molar-refractivity contribution in [2.75, 3.05) is 30.7 Å². The lowest BCUT2D eigenvalue weighted by Crippen LogP contribution is -2.30. The number of nitrogens with one attached hydrogen (secondary N) is 1. The SMILES string of the molecule is N#Cc1ccc(NC[C@@H]2CCN(C(=O)C3CC3)C2)c(N)c1. The van der Waals surface area contributed by atoms with Crippen LogP contribution in [-0.4, -0.2) is 30.4 Å². The molecule has 21 heavy (non-hydrogen) atoms. The molecule has 1 aromatic rings. The molecule has 3 N–H and O–H groups in total. The van der Waals surface area contributed by atoms with Gasteiger partial charge in [-0.2, -0.15) is 5.26 Å². The third-order valence-electron chi connectivity index (χ3n) is 4.29. The highest BCUT2D eigenvalue weighted by molar-refractivity contribution is 5.81. The molecule has 2 fully saturated rings. The van der Waals surface area contributed by atoms with Crippen LogP contribution < -0.4 is 11.1 Å². The number of nitrogens with zero attached hydrogens (tertiary/aromatic N) is 2. The number of hydrogen-bond acceptors (Lipinski definition) is 4. The van der Waals surface area contributed by atoms with Gasteiger partial charge in [0.2, 0.25) is 5.91 Å². The minimum absolute atomic E-state index is 0.311. The first-order chi connectivity index (χ1) is 10.2. The van der Waals surface area contributed by atoms with E-state index in [1.54, 1.807) is 12.1 Å². The van der Waals surface area contributed by atoms with E-state index in [1.165, 1.54) is 0 Å². The quantitative estimate of drug-likeness (QED) is 0.826. The van der Waals surface area contributed by atoms with Gasteiger partial charge in [0.05, 0.1) is 23.0 Å². The molecule has 1 aromatic carbocycles. The topological polar surface area (TPSA) is 82.2 Å². The number of carbonyl (C=O) groups excluding carboxylic acids is 1. The van der Waals surface area contributed by atoms with Crippen LogP contribution in [0.1, 0.15) is 24.8 Å². The average molecular weight is 284 g/mol. The smallest absolute Gasteiger partial charge is 0.225 e. The Morgan fingerprint density at radius 1 is 1.43 bits per heavy atom. The van der Waals surface area contributed by atoms with Crippen LogP contribution in [0.2, 0.25) is 0 Å². The molecule has 0 unspecified atom stereocenters. The van der Waals surface area contributed by atoms with Gasteiger partial charge >= 0.3 is 0 Å². The van der Waals surface area contributed by atoms with Gasteiger partial charge in [-0.3, -0.25) is 4.79 Å². The summed E-state index contributed by atoms with van der Waals surface area (Å²) in [5.74, 6) is 1.13. The molecule has 0 bridgehead atoms. The average Bonchev–Trinajstić information content (AvgIpc) is 3.24. The zero-order valence-corrected chi connectivity index (χ0v) is 12.0. The van der Waals surface area contributed by atoms with Gasteiger partial charge in [-0.1, -0.05) is 0 Å². The van der Waals surface area contributed by atoms with Gasteiger partial charge in [0.15, 0.2) is 0 Å². The summed E-state index contributed by atoms with van der Waals surface area (Å²) < 4.78 is 0. The van der Waals surface area contributed by atoms with E-state index in [1.807, 2.05) is 11.0 Å². The molecule has 0 spiro atoms. The van der Waals surface area contributed by atoms with Crippen LogP contribution in [0, 0.1) is 23.2 Å². The fraction of sp³-hybridized carbons (Fsp3) is 0.500. The Morgan fingerprint density at radius 3 is 2.90 bits per heavy atom. The van der Waals surface area contributed by atoms with Crippen molar-refractivity contribution in [2.24, 2.45) is 11.8 Å². The molecule has 0 aromatic heterocycles. The first-order valence-corrected chi connectivity index (χ1v) is 7.49. The molecular weight excluding hydrogens is 264 g/mol. The van der Waals surface area contributed by atoms with Crippen molar-refractivity contribution in [1.29, 1.82) is 5.26 Å². The molecule has 0 radical (unpaired) electrons. The van der Waals surface area contributed by atoms with E-state index in [0.717, 1.165) is 44.6 Å². The van der Waals surface area contributed by atoms with Crippen molar-refractivity contribution >= 4 is 17.3 Å². The fourth-order valence-electron chi connectivity index (χ4n) is 2.84. The van der Waals surface area contributed by atoms with Crippen LogP contribution in [0.4, 0.5) is 11.4 Å². The highest BCUT2D eigenvalue weighted by atomic mass is 16.2. The van der Waals surface area contributed by atoms with Gasteiger partial charge in [0.1, 0.15) is 0 Å². The number of likely N-dealkylation sites (tertiary alicyclic amines) is 1. The van der Waals surface area contributed by atoms with Crippen molar-refractivity contribution in [3.05, 3.63) is 23.8 Å². The number of nitrogens with two attached hydrogens (primary N) is 1. The second kappa shape index (κ2) is 5.65. The number of amides is 1. The molecule has 1 saturated heterocycles. The molecule has 1 heterocycles. The number of carbonyl (C=O) groups is 1.